The highest BCUT2D eigenvalue weighted by Gasteiger charge is 2.41. The zero-order valence-electron chi connectivity index (χ0n) is 12.6. The van der Waals surface area contributed by atoms with Crippen LogP contribution < -0.4 is 11.2 Å². The van der Waals surface area contributed by atoms with Crippen LogP contribution in [-0.4, -0.2) is 73.6 Å². The minimum absolute atomic E-state index is 0.0287. The second kappa shape index (κ2) is 8.86. The van der Waals surface area contributed by atoms with Crippen LogP contribution in [-0.2, 0) is 10.2 Å². The molecule has 1 rings (SSSR count). The van der Waals surface area contributed by atoms with Crippen molar-refractivity contribution in [1.82, 2.24) is 14.1 Å². The van der Waals surface area contributed by atoms with Gasteiger partial charge in [-0.1, -0.05) is 11.6 Å². The van der Waals surface area contributed by atoms with Crippen molar-refractivity contribution in [1.29, 1.82) is 0 Å². The summed E-state index contributed by atoms with van der Waals surface area (Å²) in [4.78, 5) is 10.9. The molecule has 1 aliphatic heterocycles. The molecule has 0 amide bonds. The highest BCUT2D eigenvalue weighted by molar-refractivity contribution is 7.86. The summed E-state index contributed by atoms with van der Waals surface area (Å²) in [5, 5.41) is 20.7. The Labute approximate surface area is 130 Å². The third kappa shape index (κ3) is 4.94. The smallest absolute Gasteiger partial charge is 0.427 e. The zero-order chi connectivity index (χ0) is 16.8. The van der Waals surface area contributed by atoms with E-state index in [0.29, 0.717) is 12.8 Å². The van der Waals surface area contributed by atoms with Gasteiger partial charge in [0, 0.05) is 26.2 Å². The largest absolute Gasteiger partial charge is 0.451 e. The first kappa shape index (κ1) is 19.4. The summed E-state index contributed by atoms with van der Waals surface area (Å²) in [5.74, 6) is -0.220. The first-order valence-electron chi connectivity index (χ1n) is 7.20. The molecule has 0 spiro atoms. The Bertz CT molecular complexity index is 451. The van der Waals surface area contributed by atoms with Crippen LogP contribution in [0.15, 0.2) is 5.18 Å². The minimum Gasteiger partial charge on any atom is -0.427 e. The van der Waals surface area contributed by atoms with Gasteiger partial charge in [0.2, 0.25) is 0 Å². The monoisotopic (exact) mass is 337 g/mol. The van der Waals surface area contributed by atoms with E-state index in [1.165, 1.54) is 11.4 Å². The van der Waals surface area contributed by atoms with E-state index in [4.69, 9.17) is 15.8 Å². The van der Waals surface area contributed by atoms with Crippen molar-refractivity contribution in [3.63, 3.8) is 0 Å². The van der Waals surface area contributed by atoms with Gasteiger partial charge < -0.3 is 15.8 Å². The lowest BCUT2D eigenvalue weighted by molar-refractivity contribution is 0.311. The minimum atomic E-state index is -3.75. The van der Waals surface area contributed by atoms with Crippen molar-refractivity contribution >= 4 is 17.3 Å². The summed E-state index contributed by atoms with van der Waals surface area (Å²) >= 11 is 0. The fraction of sp³-hybridized carbons (Fsp3) is 1.00. The molecule has 0 aliphatic carbocycles. The summed E-state index contributed by atoms with van der Waals surface area (Å²) in [6.07, 6.45) is 1.18. The van der Waals surface area contributed by atoms with Gasteiger partial charge in [-0.05, 0) is 25.7 Å². The van der Waals surface area contributed by atoms with Gasteiger partial charge in [0.05, 0.1) is 0 Å². The number of hydrogen-bond acceptors (Lipinski definition) is 8. The quantitative estimate of drug-likeness (QED) is 0.204. The fourth-order valence-corrected chi connectivity index (χ4v) is 4.14. The standard InChI is InChI=1S/C10H24BN5O5S/c1-13-16(6-5-12)22(20,21)15-7-9(10(8-15)14-19)3-2-4-11(17)18/h9-10,13,17-18H,2-8,12H2,1H3/t9-,10-/m0/s1. The summed E-state index contributed by atoms with van der Waals surface area (Å²) in [6, 6.07) is -0.623. The van der Waals surface area contributed by atoms with Gasteiger partial charge >= 0.3 is 7.12 Å². The van der Waals surface area contributed by atoms with Gasteiger partial charge in [0.15, 0.2) is 0 Å². The number of nitrogens with zero attached hydrogens (tertiary/aromatic N) is 3. The van der Waals surface area contributed by atoms with Crippen LogP contribution in [0.3, 0.4) is 0 Å². The maximum Gasteiger partial charge on any atom is 0.451 e. The lowest BCUT2D eigenvalue weighted by atomic mass is 9.82. The number of nitroso groups, excluding NO2 is 1. The van der Waals surface area contributed by atoms with Crippen LogP contribution in [0, 0.1) is 10.8 Å². The number of hydrazine groups is 1. The van der Waals surface area contributed by atoms with E-state index in [2.05, 4.69) is 10.6 Å². The van der Waals surface area contributed by atoms with E-state index in [-0.39, 0.29) is 38.4 Å². The van der Waals surface area contributed by atoms with Crippen molar-refractivity contribution in [3.05, 3.63) is 4.91 Å². The lowest BCUT2D eigenvalue weighted by Crippen LogP contribution is -2.50. The number of nitrogens with two attached hydrogens (primary N) is 1. The highest BCUT2D eigenvalue weighted by atomic mass is 32.2. The molecule has 2 atom stereocenters. The molecular formula is C10H24BN5O5S. The SMILES string of the molecule is CNN(CCN)S(=O)(=O)N1C[C@H](CCCB(O)O)[C@@H](N=O)C1. The van der Waals surface area contributed by atoms with Crippen LogP contribution in [0.1, 0.15) is 12.8 Å². The first-order chi connectivity index (χ1) is 10.4. The van der Waals surface area contributed by atoms with Crippen molar-refractivity contribution < 1.29 is 18.5 Å². The van der Waals surface area contributed by atoms with E-state index in [1.807, 2.05) is 0 Å². The number of rotatable bonds is 10. The van der Waals surface area contributed by atoms with Crippen LogP contribution in [0.2, 0.25) is 6.32 Å². The molecule has 0 aromatic rings. The van der Waals surface area contributed by atoms with E-state index >= 15 is 0 Å². The van der Waals surface area contributed by atoms with Gasteiger partial charge in [-0.2, -0.15) is 17.6 Å². The molecule has 0 aromatic carbocycles. The fourth-order valence-electron chi connectivity index (χ4n) is 2.57. The average Bonchev–Trinajstić information content (AvgIpc) is 2.88. The van der Waals surface area contributed by atoms with Crippen LogP contribution in [0.25, 0.3) is 0 Å². The maximum absolute atomic E-state index is 12.5. The molecule has 0 radical (unpaired) electrons. The second-order valence-corrected chi connectivity index (χ2v) is 7.11. The van der Waals surface area contributed by atoms with Gasteiger partial charge in [0.25, 0.3) is 10.2 Å². The summed E-state index contributed by atoms with van der Waals surface area (Å²) in [5.41, 5.74) is 7.97. The summed E-state index contributed by atoms with van der Waals surface area (Å²) < 4.78 is 27.2. The molecule has 5 N–H and O–H groups in total. The lowest BCUT2D eigenvalue weighted by Gasteiger charge is -2.26. The van der Waals surface area contributed by atoms with Gasteiger partial charge in [-0.3, -0.25) is 0 Å². The molecule has 1 saturated heterocycles. The Kier molecular flexibility index (Phi) is 7.83. The molecule has 128 valence electrons. The van der Waals surface area contributed by atoms with Gasteiger partial charge in [-0.15, -0.1) is 4.41 Å². The molecule has 1 heterocycles. The molecule has 10 nitrogen and oxygen atoms in total. The third-order valence-corrected chi connectivity index (χ3v) is 5.60. The van der Waals surface area contributed by atoms with Crippen molar-refractivity contribution in [2.24, 2.45) is 16.8 Å². The van der Waals surface area contributed by atoms with Crippen LogP contribution in [0.4, 0.5) is 0 Å². The third-order valence-electron chi connectivity index (χ3n) is 3.73. The Morgan fingerprint density at radius 3 is 2.64 bits per heavy atom. The summed E-state index contributed by atoms with van der Waals surface area (Å²) in [7, 11) is -3.66. The highest BCUT2D eigenvalue weighted by Crippen LogP contribution is 2.27. The second-order valence-electron chi connectivity index (χ2n) is 5.25. The van der Waals surface area contributed by atoms with E-state index in [9.17, 15) is 13.3 Å². The Balaban J connectivity index is 2.71. The molecule has 0 unspecified atom stereocenters. The van der Waals surface area contributed by atoms with Gasteiger partial charge in [0.1, 0.15) is 6.04 Å². The average molecular weight is 337 g/mol. The number of hydrogen-bond donors (Lipinski definition) is 4. The van der Waals surface area contributed by atoms with Crippen molar-refractivity contribution in [2.45, 2.75) is 25.2 Å². The van der Waals surface area contributed by atoms with Crippen LogP contribution in [0.5, 0.6) is 0 Å². The Morgan fingerprint density at radius 1 is 1.45 bits per heavy atom. The molecular weight excluding hydrogens is 313 g/mol. The Hall–Kier alpha value is -0.625. The normalized spacial score (nSPS) is 23.1. The van der Waals surface area contributed by atoms with Gasteiger partial charge in [-0.25, -0.2) is 5.43 Å². The van der Waals surface area contributed by atoms with Crippen molar-refractivity contribution in [2.75, 3.05) is 33.2 Å². The van der Waals surface area contributed by atoms with E-state index in [1.54, 1.807) is 0 Å². The van der Waals surface area contributed by atoms with Crippen molar-refractivity contribution in [3.8, 4) is 0 Å². The molecule has 12 heteroatoms. The predicted molar refractivity (Wildman–Crippen MR) is 82.6 cm³/mol. The first-order valence-corrected chi connectivity index (χ1v) is 8.60. The molecule has 0 saturated carbocycles. The number of nitrogens with one attached hydrogen (secondary N) is 1. The molecule has 22 heavy (non-hydrogen) atoms. The molecule has 0 bridgehead atoms. The Morgan fingerprint density at radius 2 is 2.14 bits per heavy atom. The topological polar surface area (TPSA) is 149 Å². The summed E-state index contributed by atoms with van der Waals surface area (Å²) in [6.45, 7) is 0.501. The van der Waals surface area contributed by atoms with E-state index in [0.717, 1.165) is 4.41 Å². The molecule has 1 fully saturated rings. The zero-order valence-corrected chi connectivity index (χ0v) is 13.4. The van der Waals surface area contributed by atoms with Crippen LogP contribution >= 0.6 is 0 Å². The van der Waals surface area contributed by atoms with E-state index < -0.39 is 23.4 Å². The predicted octanol–water partition coefficient (Wildman–Crippen LogP) is -2.05. The molecule has 1 aliphatic rings. The molecule has 0 aromatic heterocycles. The maximum atomic E-state index is 12.5.